The van der Waals surface area contributed by atoms with E-state index < -0.39 is 0 Å². The molecule has 1 rings (SSSR count). The Labute approximate surface area is 88.3 Å². The van der Waals surface area contributed by atoms with Gasteiger partial charge in [0.2, 0.25) is 0 Å². The second-order valence-corrected chi connectivity index (χ2v) is 4.18. The number of nitrogens with zero attached hydrogens (tertiary/aromatic N) is 2. The van der Waals surface area contributed by atoms with Crippen molar-refractivity contribution in [1.29, 1.82) is 0 Å². The zero-order chi connectivity index (χ0) is 10.0. The van der Waals surface area contributed by atoms with Gasteiger partial charge in [0, 0.05) is 12.0 Å². The molecule has 0 aliphatic heterocycles. The smallest absolute Gasteiger partial charge is 0.134 e. The molecule has 0 aliphatic carbocycles. The first-order valence-electron chi connectivity index (χ1n) is 4.20. The first kappa shape index (κ1) is 10.7. The highest BCUT2D eigenvalue weighted by molar-refractivity contribution is 6.33. The largest absolute Gasteiger partial charge is 0.221 e. The van der Waals surface area contributed by atoms with E-state index in [-0.39, 0.29) is 5.92 Å². The van der Waals surface area contributed by atoms with E-state index in [1.807, 2.05) is 0 Å². The molecule has 0 spiro atoms. The maximum Gasteiger partial charge on any atom is 0.134 e. The second kappa shape index (κ2) is 4.25. The summed E-state index contributed by atoms with van der Waals surface area (Å²) in [7, 11) is 0. The van der Waals surface area contributed by atoms with Crippen molar-refractivity contribution < 1.29 is 0 Å². The fraction of sp³-hybridized carbons (Fsp3) is 0.556. The highest BCUT2D eigenvalue weighted by Crippen LogP contribution is 2.23. The van der Waals surface area contributed by atoms with Crippen LogP contribution in [0.5, 0.6) is 0 Å². The van der Waals surface area contributed by atoms with E-state index in [4.69, 9.17) is 23.2 Å². The third kappa shape index (κ3) is 2.82. The van der Waals surface area contributed by atoms with Crippen LogP contribution in [0.4, 0.5) is 0 Å². The minimum atomic E-state index is 0.274. The van der Waals surface area contributed by atoms with Gasteiger partial charge in [-0.1, -0.05) is 44.0 Å². The van der Waals surface area contributed by atoms with Crippen LogP contribution in [-0.2, 0) is 0 Å². The molecule has 1 atom stereocenters. The normalized spacial score (nSPS) is 13.4. The predicted octanol–water partition coefficient (Wildman–Crippen LogP) is 3.54. The molecule has 0 aliphatic rings. The summed E-state index contributed by atoms with van der Waals surface area (Å²) in [6, 6.07) is 1.54. The summed E-state index contributed by atoms with van der Waals surface area (Å²) >= 11 is 11.5. The van der Waals surface area contributed by atoms with E-state index in [2.05, 4.69) is 30.7 Å². The Kier molecular flexibility index (Phi) is 3.51. The van der Waals surface area contributed by atoms with Crippen molar-refractivity contribution >= 4 is 23.2 Å². The molecule has 1 unspecified atom stereocenters. The SMILES string of the molecule is CC(C)C(C)c1nc(Cl)cc(Cl)n1. The summed E-state index contributed by atoms with van der Waals surface area (Å²) < 4.78 is 0. The lowest BCUT2D eigenvalue weighted by atomic mass is 9.97. The molecule has 1 heterocycles. The predicted molar refractivity (Wildman–Crippen MR) is 55.3 cm³/mol. The van der Waals surface area contributed by atoms with Gasteiger partial charge in [-0.2, -0.15) is 0 Å². The van der Waals surface area contributed by atoms with E-state index >= 15 is 0 Å². The molecule has 0 saturated heterocycles. The van der Waals surface area contributed by atoms with E-state index in [0.717, 1.165) is 0 Å². The molecule has 1 aromatic heterocycles. The molecule has 1 aromatic rings. The Hall–Kier alpha value is -0.340. The summed E-state index contributed by atoms with van der Waals surface area (Å²) in [4.78, 5) is 8.25. The number of rotatable bonds is 2. The zero-order valence-electron chi connectivity index (χ0n) is 7.88. The number of aromatic nitrogens is 2. The van der Waals surface area contributed by atoms with Gasteiger partial charge in [0.25, 0.3) is 0 Å². The van der Waals surface area contributed by atoms with Crippen LogP contribution < -0.4 is 0 Å². The van der Waals surface area contributed by atoms with Gasteiger partial charge in [-0.25, -0.2) is 9.97 Å². The molecule has 13 heavy (non-hydrogen) atoms. The first-order chi connectivity index (χ1) is 6.00. The van der Waals surface area contributed by atoms with E-state index in [9.17, 15) is 0 Å². The average molecular weight is 219 g/mol. The fourth-order valence-electron chi connectivity index (χ4n) is 0.908. The van der Waals surface area contributed by atoms with Crippen molar-refractivity contribution in [3.63, 3.8) is 0 Å². The third-order valence-corrected chi connectivity index (χ3v) is 2.48. The summed E-state index contributed by atoms with van der Waals surface area (Å²) in [6.45, 7) is 6.29. The average Bonchev–Trinajstić information content (AvgIpc) is 2.01. The summed E-state index contributed by atoms with van der Waals surface area (Å²) in [5.74, 6) is 1.47. The van der Waals surface area contributed by atoms with Gasteiger partial charge in [0.1, 0.15) is 16.1 Å². The topological polar surface area (TPSA) is 25.8 Å². The molecule has 0 fully saturated rings. The van der Waals surface area contributed by atoms with Gasteiger partial charge < -0.3 is 0 Å². The van der Waals surface area contributed by atoms with Crippen LogP contribution in [0.15, 0.2) is 6.07 Å². The molecule has 0 saturated carbocycles. The lowest BCUT2D eigenvalue weighted by Gasteiger charge is -2.13. The van der Waals surface area contributed by atoms with E-state index in [1.54, 1.807) is 6.07 Å². The molecule has 0 amide bonds. The van der Waals surface area contributed by atoms with Gasteiger partial charge >= 0.3 is 0 Å². The lowest BCUT2D eigenvalue weighted by Crippen LogP contribution is -2.07. The van der Waals surface area contributed by atoms with Crippen molar-refractivity contribution in [1.82, 2.24) is 9.97 Å². The molecule has 0 N–H and O–H groups in total. The highest BCUT2D eigenvalue weighted by Gasteiger charge is 2.14. The Morgan fingerprint density at radius 3 is 1.92 bits per heavy atom. The molecular weight excluding hydrogens is 207 g/mol. The maximum absolute atomic E-state index is 5.76. The quantitative estimate of drug-likeness (QED) is 0.711. The van der Waals surface area contributed by atoms with Gasteiger partial charge in [-0.05, 0) is 5.92 Å². The van der Waals surface area contributed by atoms with E-state index in [1.165, 1.54) is 0 Å². The minimum Gasteiger partial charge on any atom is -0.221 e. The van der Waals surface area contributed by atoms with Crippen molar-refractivity contribution in [2.45, 2.75) is 26.7 Å². The van der Waals surface area contributed by atoms with Crippen LogP contribution in [0.3, 0.4) is 0 Å². The molecule has 72 valence electrons. The molecular formula is C9H12Cl2N2. The van der Waals surface area contributed by atoms with Crippen molar-refractivity contribution in [3.05, 3.63) is 22.2 Å². The summed E-state index contributed by atoms with van der Waals surface area (Å²) in [5, 5.41) is 0.810. The van der Waals surface area contributed by atoms with Crippen molar-refractivity contribution in [2.24, 2.45) is 5.92 Å². The van der Waals surface area contributed by atoms with Gasteiger partial charge in [0.15, 0.2) is 0 Å². The number of halogens is 2. The van der Waals surface area contributed by atoms with Crippen LogP contribution in [0.2, 0.25) is 10.3 Å². The van der Waals surface area contributed by atoms with Gasteiger partial charge in [-0.15, -0.1) is 0 Å². The third-order valence-electron chi connectivity index (χ3n) is 2.09. The molecule has 0 aromatic carbocycles. The van der Waals surface area contributed by atoms with Crippen LogP contribution in [-0.4, -0.2) is 9.97 Å². The molecule has 0 radical (unpaired) electrons. The Balaban J connectivity index is 3.01. The Morgan fingerprint density at radius 1 is 1.08 bits per heavy atom. The molecule has 2 nitrogen and oxygen atoms in total. The van der Waals surface area contributed by atoms with Crippen LogP contribution in [0.25, 0.3) is 0 Å². The lowest BCUT2D eigenvalue weighted by molar-refractivity contribution is 0.510. The van der Waals surface area contributed by atoms with Gasteiger partial charge in [0.05, 0.1) is 0 Å². The Morgan fingerprint density at radius 2 is 1.54 bits per heavy atom. The van der Waals surface area contributed by atoms with Crippen molar-refractivity contribution in [3.8, 4) is 0 Å². The standard InChI is InChI=1S/C9H12Cl2N2/c1-5(2)6(3)9-12-7(10)4-8(11)13-9/h4-6H,1-3H3. The fourth-order valence-corrected chi connectivity index (χ4v) is 1.34. The molecule has 4 heteroatoms. The maximum atomic E-state index is 5.76. The van der Waals surface area contributed by atoms with E-state index in [0.29, 0.717) is 22.0 Å². The monoisotopic (exact) mass is 218 g/mol. The summed E-state index contributed by atoms with van der Waals surface area (Å²) in [6.07, 6.45) is 0. The highest BCUT2D eigenvalue weighted by atomic mass is 35.5. The number of hydrogen-bond donors (Lipinski definition) is 0. The zero-order valence-corrected chi connectivity index (χ0v) is 9.39. The summed E-state index contributed by atoms with van der Waals surface area (Å²) in [5.41, 5.74) is 0. The number of hydrogen-bond acceptors (Lipinski definition) is 2. The van der Waals surface area contributed by atoms with Crippen molar-refractivity contribution in [2.75, 3.05) is 0 Å². The second-order valence-electron chi connectivity index (χ2n) is 3.40. The van der Waals surface area contributed by atoms with Gasteiger partial charge in [-0.3, -0.25) is 0 Å². The Bertz CT molecular complexity index is 279. The van der Waals surface area contributed by atoms with Crippen LogP contribution in [0.1, 0.15) is 32.5 Å². The van der Waals surface area contributed by atoms with Crippen LogP contribution in [0, 0.1) is 5.92 Å². The first-order valence-corrected chi connectivity index (χ1v) is 4.96. The van der Waals surface area contributed by atoms with Crippen LogP contribution >= 0.6 is 23.2 Å². The minimum absolute atomic E-state index is 0.274. The molecule has 0 bridgehead atoms.